The lowest BCUT2D eigenvalue weighted by atomic mass is 10.3. The van der Waals surface area contributed by atoms with Gasteiger partial charge in [0, 0.05) is 23.3 Å². The Kier molecular flexibility index (Phi) is 1.27. The maximum atomic E-state index is 5.40. The molecule has 1 aromatic heterocycles. The molecule has 0 radical (unpaired) electrons. The van der Waals surface area contributed by atoms with E-state index in [0.717, 1.165) is 17.9 Å². The van der Waals surface area contributed by atoms with Gasteiger partial charge in [-0.25, -0.2) is 9.97 Å². The van der Waals surface area contributed by atoms with Crippen LogP contribution in [0.1, 0.15) is 5.69 Å². The molecule has 52 valence electrons. The number of nitrogens with zero attached hydrogens (tertiary/aromatic N) is 2. The molecular weight excluding hydrogens is 146 g/mol. The minimum absolute atomic E-state index is 0.390. The summed E-state index contributed by atoms with van der Waals surface area (Å²) in [5.41, 5.74) is 6.51. The molecular formula is C6H7N3S. The largest absolute Gasteiger partial charge is 0.368 e. The molecule has 0 aliphatic carbocycles. The standard InChI is InChI=1S/C6H7N3S/c7-6-8-3-5-4(9-6)1-2-10-5/h3H,1-2H2,(H2,7,8,9). The van der Waals surface area contributed by atoms with E-state index in [-0.39, 0.29) is 0 Å². The van der Waals surface area contributed by atoms with Crippen LogP contribution in [0.15, 0.2) is 11.1 Å². The first-order chi connectivity index (χ1) is 4.86. The van der Waals surface area contributed by atoms with E-state index < -0.39 is 0 Å². The molecule has 0 atom stereocenters. The van der Waals surface area contributed by atoms with Gasteiger partial charge in [-0.1, -0.05) is 0 Å². The highest BCUT2D eigenvalue weighted by molar-refractivity contribution is 7.99. The molecule has 10 heavy (non-hydrogen) atoms. The molecule has 0 fully saturated rings. The molecule has 1 aromatic rings. The SMILES string of the molecule is Nc1ncc2c(n1)CCS2. The van der Waals surface area contributed by atoms with Crippen molar-refractivity contribution < 1.29 is 0 Å². The number of nitrogens with two attached hydrogens (primary N) is 1. The van der Waals surface area contributed by atoms with Gasteiger partial charge >= 0.3 is 0 Å². The summed E-state index contributed by atoms with van der Waals surface area (Å²) in [5.74, 6) is 1.51. The fraction of sp³-hybridized carbons (Fsp3) is 0.333. The molecule has 0 amide bonds. The topological polar surface area (TPSA) is 51.8 Å². The molecule has 3 nitrogen and oxygen atoms in total. The number of thioether (sulfide) groups is 1. The third-order valence-electron chi connectivity index (χ3n) is 1.44. The second-order valence-electron chi connectivity index (χ2n) is 2.14. The van der Waals surface area contributed by atoms with Gasteiger partial charge < -0.3 is 5.73 Å². The predicted molar refractivity (Wildman–Crippen MR) is 40.9 cm³/mol. The van der Waals surface area contributed by atoms with E-state index in [1.165, 1.54) is 4.90 Å². The summed E-state index contributed by atoms with van der Waals surface area (Å²) in [7, 11) is 0. The Bertz CT molecular complexity index is 261. The molecule has 1 aliphatic rings. The Morgan fingerprint density at radius 2 is 2.50 bits per heavy atom. The van der Waals surface area contributed by atoms with Crippen LogP contribution in [0.3, 0.4) is 0 Å². The van der Waals surface area contributed by atoms with Crippen LogP contribution in [-0.2, 0) is 6.42 Å². The van der Waals surface area contributed by atoms with E-state index in [1.54, 1.807) is 18.0 Å². The summed E-state index contributed by atoms with van der Waals surface area (Å²) in [4.78, 5) is 9.19. The fourth-order valence-corrected chi connectivity index (χ4v) is 1.94. The van der Waals surface area contributed by atoms with E-state index in [4.69, 9.17) is 5.73 Å². The zero-order chi connectivity index (χ0) is 6.97. The molecule has 0 spiro atoms. The lowest BCUT2D eigenvalue weighted by Crippen LogP contribution is -1.97. The number of rotatable bonds is 0. The van der Waals surface area contributed by atoms with Crippen molar-refractivity contribution in [2.75, 3.05) is 11.5 Å². The van der Waals surface area contributed by atoms with Crippen molar-refractivity contribution in [1.82, 2.24) is 9.97 Å². The Labute approximate surface area is 63.1 Å². The van der Waals surface area contributed by atoms with Gasteiger partial charge in [0.2, 0.25) is 5.95 Å². The van der Waals surface area contributed by atoms with E-state index >= 15 is 0 Å². The van der Waals surface area contributed by atoms with Crippen molar-refractivity contribution >= 4 is 17.7 Å². The summed E-state index contributed by atoms with van der Waals surface area (Å²) < 4.78 is 0. The van der Waals surface area contributed by atoms with Gasteiger partial charge in [0.1, 0.15) is 0 Å². The lowest BCUT2D eigenvalue weighted by molar-refractivity contribution is 0.987. The number of aromatic nitrogens is 2. The molecule has 0 saturated carbocycles. The van der Waals surface area contributed by atoms with Crippen molar-refractivity contribution in [1.29, 1.82) is 0 Å². The normalized spacial score (nSPS) is 15.2. The van der Waals surface area contributed by atoms with Crippen molar-refractivity contribution in [2.24, 2.45) is 0 Å². The van der Waals surface area contributed by atoms with Gasteiger partial charge in [-0.15, -0.1) is 11.8 Å². The van der Waals surface area contributed by atoms with Crippen LogP contribution in [0, 0.1) is 0 Å². The second-order valence-corrected chi connectivity index (χ2v) is 3.27. The molecule has 2 N–H and O–H groups in total. The van der Waals surface area contributed by atoms with E-state index in [1.807, 2.05) is 0 Å². The summed E-state index contributed by atoms with van der Waals surface area (Å²) in [6, 6.07) is 0. The highest BCUT2D eigenvalue weighted by atomic mass is 32.2. The maximum Gasteiger partial charge on any atom is 0.220 e. The molecule has 4 heteroatoms. The smallest absolute Gasteiger partial charge is 0.220 e. The van der Waals surface area contributed by atoms with E-state index in [0.29, 0.717) is 5.95 Å². The van der Waals surface area contributed by atoms with Crippen molar-refractivity contribution in [3.05, 3.63) is 11.9 Å². The summed E-state index contributed by atoms with van der Waals surface area (Å²) >= 11 is 1.80. The predicted octanol–water partition coefficient (Wildman–Crippen LogP) is 0.707. The van der Waals surface area contributed by atoms with Crippen LogP contribution in [0.4, 0.5) is 5.95 Å². The van der Waals surface area contributed by atoms with Crippen molar-refractivity contribution in [3.63, 3.8) is 0 Å². The number of nitrogen functional groups attached to an aromatic ring is 1. The third-order valence-corrected chi connectivity index (χ3v) is 2.50. The average Bonchev–Trinajstić information content (AvgIpc) is 2.33. The molecule has 0 aromatic carbocycles. The Morgan fingerprint density at radius 3 is 3.40 bits per heavy atom. The van der Waals surface area contributed by atoms with E-state index in [9.17, 15) is 0 Å². The number of anilines is 1. The summed E-state index contributed by atoms with van der Waals surface area (Å²) in [6.45, 7) is 0. The van der Waals surface area contributed by atoms with Gasteiger partial charge in [0.05, 0.1) is 5.69 Å². The zero-order valence-corrected chi connectivity index (χ0v) is 6.19. The number of hydrogen-bond donors (Lipinski definition) is 1. The fourth-order valence-electron chi connectivity index (χ4n) is 0.979. The van der Waals surface area contributed by atoms with Crippen LogP contribution in [0.25, 0.3) is 0 Å². The Morgan fingerprint density at radius 1 is 1.60 bits per heavy atom. The van der Waals surface area contributed by atoms with Gasteiger partial charge in [-0.3, -0.25) is 0 Å². The first kappa shape index (κ1) is 5.97. The quantitative estimate of drug-likeness (QED) is 0.596. The Balaban J connectivity index is 2.52. The molecule has 0 saturated heterocycles. The molecule has 1 aliphatic heterocycles. The maximum absolute atomic E-state index is 5.40. The second kappa shape index (κ2) is 2.12. The minimum atomic E-state index is 0.390. The number of aryl methyl sites for hydroxylation is 1. The molecule has 2 heterocycles. The van der Waals surface area contributed by atoms with Gasteiger partial charge in [-0.2, -0.15) is 0 Å². The number of fused-ring (bicyclic) bond motifs is 1. The third kappa shape index (κ3) is 0.844. The van der Waals surface area contributed by atoms with Crippen molar-refractivity contribution in [2.45, 2.75) is 11.3 Å². The van der Waals surface area contributed by atoms with E-state index in [2.05, 4.69) is 9.97 Å². The lowest BCUT2D eigenvalue weighted by Gasteiger charge is -1.95. The first-order valence-corrected chi connectivity index (χ1v) is 4.09. The minimum Gasteiger partial charge on any atom is -0.368 e. The van der Waals surface area contributed by atoms with Crippen LogP contribution in [0.5, 0.6) is 0 Å². The molecule has 2 rings (SSSR count). The zero-order valence-electron chi connectivity index (χ0n) is 5.37. The van der Waals surface area contributed by atoms with Crippen molar-refractivity contribution in [3.8, 4) is 0 Å². The van der Waals surface area contributed by atoms with Crippen LogP contribution in [0.2, 0.25) is 0 Å². The average molecular weight is 153 g/mol. The highest BCUT2D eigenvalue weighted by Gasteiger charge is 2.12. The van der Waals surface area contributed by atoms with Crippen LogP contribution >= 0.6 is 11.8 Å². The van der Waals surface area contributed by atoms with Gasteiger partial charge in [-0.05, 0) is 0 Å². The molecule has 0 bridgehead atoms. The molecule has 0 unspecified atom stereocenters. The Hall–Kier alpha value is -0.770. The monoisotopic (exact) mass is 153 g/mol. The summed E-state index contributed by atoms with van der Waals surface area (Å²) in [5, 5.41) is 0. The highest BCUT2D eigenvalue weighted by Crippen LogP contribution is 2.28. The van der Waals surface area contributed by atoms with Gasteiger partial charge in [0.25, 0.3) is 0 Å². The van der Waals surface area contributed by atoms with Crippen LogP contribution < -0.4 is 5.73 Å². The first-order valence-electron chi connectivity index (χ1n) is 3.10. The summed E-state index contributed by atoms with van der Waals surface area (Å²) in [6.07, 6.45) is 2.84. The van der Waals surface area contributed by atoms with Crippen LogP contribution in [-0.4, -0.2) is 15.7 Å². The van der Waals surface area contributed by atoms with Gasteiger partial charge in [0.15, 0.2) is 0 Å². The number of hydrogen-bond acceptors (Lipinski definition) is 4.